The average Bonchev–Trinajstić information content (AvgIpc) is 2.16. The molecule has 5 heteroatoms. The molecular formula is C11H17N3O2. The number of hydrogen-bond acceptors (Lipinski definition) is 3. The van der Waals surface area contributed by atoms with Gasteiger partial charge in [-0.3, -0.25) is 9.36 Å². The van der Waals surface area contributed by atoms with Crippen molar-refractivity contribution in [1.29, 1.82) is 0 Å². The van der Waals surface area contributed by atoms with Gasteiger partial charge in [-0.1, -0.05) is 6.92 Å². The zero-order valence-electron chi connectivity index (χ0n) is 10.1. The van der Waals surface area contributed by atoms with E-state index in [1.807, 2.05) is 20.8 Å². The molecule has 1 heterocycles. The van der Waals surface area contributed by atoms with Crippen molar-refractivity contribution in [2.45, 2.75) is 39.7 Å². The molecule has 0 aliphatic heterocycles. The van der Waals surface area contributed by atoms with Gasteiger partial charge in [0.25, 0.3) is 0 Å². The van der Waals surface area contributed by atoms with E-state index in [1.54, 1.807) is 16.8 Å². The van der Waals surface area contributed by atoms with Gasteiger partial charge >= 0.3 is 5.69 Å². The van der Waals surface area contributed by atoms with E-state index >= 15 is 0 Å². The maximum atomic E-state index is 11.7. The Bertz CT molecular complexity index is 449. The van der Waals surface area contributed by atoms with Gasteiger partial charge in [0.05, 0.1) is 0 Å². The summed E-state index contributed by atoms with van der Waals surface area (Å²) in [5.41, 5.74) is -0.614. The topological polar surface area (TPSA) is 64.0 Å². The number of carbonyl (C=O) groups is 1. The van der Waals surface area contributed by atoms with Gasteiger partial charge in [-0.05, 0) is 26.3 Å². The second-order valence-electron chi connectivity index (χ2n) is 4.31. The molecule has 0 aliphatic rings. The Hall–Kier alpha value is -1.65. The van der Waals surface area contributed by atoms with Crippen molar-refractivity contribution >= 4 is 11.7 Å². The van der Waals surface area contributed by atoms with Crippen molar-refractivity contribution in [3.63, 3.8) is 0 Å². The van der Waals surface area contributed by atoms with Crippen LogP contribution < -0.4 is 11.0 Å². The zero-order valence-corrected chi connectivity index (χ0v) is 10.1. The summed E-state index contributed by atoms with van der Waals surface area (Å²) in [7, 11) is 0. The van der Waals surface area contributed by atoms with Crippen LogP contribution in [-0.2, 0) is 10.3 Å². The first kappa shape index (κ1) is 12.4. The minimum atomic E-state index is -0.349. The molecule has 16 heavy (non-hydrogen) atoms. The van der Waals surface area contributed by atoms with Crippen molar-refractivity contribution in [3.8, 4) is 0 Å². The Labute approximate surface area is 94.5 Å². The van der Waals surface area contributed by atoms with Gasteiger partial charge in [-0.2, -0.15) is 4.98 Å². The van der Waals surface area contributed by atoms with Crippen LogP contribution in [0.15, 0.2) is 17.1 Å². The van der Waals surface area contributed by atoms with E-state index in [9.17, 15) is 9.59 Å². The Morgan fingerprint density at radius 2 is 2.19 bits per heavy atom. The lowest BCUT2D eigenvalue weighted by atomic mass is 10.0. The van der Waals surface area contributed by atoms with E-state index in [1.165, 1.54) is 6.92 Å². The number of nitrogens with one attached hydrogen (secondary N) is 1. The van der Waals surface area contributed by atoms with Crippen LogP contribution in [0.3, 0.4) is 0 Å². The highest BCUT2D eigenvalue weighted by Gasteiger charge is 2.19. The molecule has 1 N–H and O–H groups in total. The first-order valence-electron chi connectivity index (χ1n) is 5.24. The SMILES string of the molecule is CCC(C)(C)n1ccc(NC(C)=O)nc1=O. The number of nitrogens with zero attached hydrogens (tertiary/aromatic N) is 2. The summed E-state index contributed by atoms with van der Waals surface area (Å²) >= 11 is 0. The van der Waals surface area contributed by atoms with E-state index in [4.69, 9.17) is 0 Å². The van der Waals surface area contributed by atoms with Crippen LogP contribution in [0.5, 0.6) is 0 Å². The van der Waals surface area contributed by atoms with Gasteiger partial charge in [0, 0.05) is 18.7 Å². The lowest BCUT2D eigenvalue weighted by Gasteiger charge is -2.25. The summed E-state index contributed by atoms with van der Waals surface area (Å²) in [5.74, 6) is 0.0556. The fourth-order valence-corrected chi connectivity index (χ4v) is 1.28. The third-order valence-electron chi connectivity index (χ3n) is 2.63. The zero-order chi connectivity index (χ0) is 12.3. The highest BCUT2D eigenvalue weighted by atomic mass is 16.2. The van der Waals surface area contributed by atoms with Crippen LogP contribution in [0.2, 0.25) is 0 Å². The number of hydrogen-bond donors (Lipinski definition) is 1. The van der Waals surface area contributed by atoms with Gasteiger partial charge in [-0.15, -0.1) is 0 Å². The molecule has 88 valence electrons. The standard InChI is InChI=1S/C11H17N3O2/c1-5-11(3,4)14-7-6-9(12-8(2)15)13-10(14)16/h6-7H,5H2,1-4H3,(H,12,13,15,16). The molecule has 0 atom stereocenters. The molecule has 0 radical (unpaired) electrons. The maximum Gasteiger partial charge on any atom is 0.350 e. The minimum absolute atomic E-state index is 0.237. The highest BCUT2D eigenvalue weighted by molar-refractivity contribution is 5.87. The number of anilines is 1. The van der Waals surface area contributed by atoms with Crippen LogP contribution >= 0.6 is 0 Å². The molecule has 0 aliphatic carbocycles. The van der Waals surface area contributed by atoms with E-state index in [0.29, 0.717) is 5.82 Å². The predicted molar refractivity (Wildman–Crippen MR) is 62.4 cm³/mol. The normalized spacial score (nSPS) is 11.2. The highest BCUT2D eigenvalue weighted by Crippen LogP contribution is 2.16. The second-order valence-corrected chi connectivity index (χ2v) is 4.31. The molecule has 5 nitrogen and oxygen atoms in total. The fraction of sp³-hybridized carbons (Fsp3) is 0.545. The molecule has 0 aromatic carbocycles. The fourth-order valence-electron chi connectivity index (χ4n) is 1.28. The van der Waals surface area contributed by atoms with Gasteiger partial charge in [0.15, 0.2) is 0 Å². The van der Waals surface area contributed by atoms with E-state index in [-0.39, 0.29) is 17.1 Å². The van der Waals surface area contributed by atoms with Gasteiger partial charge in [-0.25, -0.2) is 4.79 Å². The molecular weight excluding hydrogens is 206 g/mol. The Morgan fingerprint density at radius 1 is 1.56 bits per heavy atom. The first-order valence-corrected chi connectivity index (χ1v) is 5.24. The minimum Gasteiger partial charge on any atom is -0.311 e. The van der Waals surface area contributed by atoms with Crippen molar-refractivity contribution in [2.75, 3.05) is 5.32 Å². The summed E-state index contributed by atoms with van der Waals surface area (Å²) in [6.45, 7) is 7.32. The van der Waals surface area contributed by atoms with Gasteiger partial charge in [0.2, 0.25) is 5.91 Å². The number of rotatable bonds is 3. The third kappa shape index (κ3) is 2.68. The molecule has 0 saturated heterocycles. The van der Waals surface area contributed by atoms with E-state index in [2.05, 4.69) is 10.3 Å². The average molecular weight is 223 g/mol. The summed E-state index contributed by atoms with van der Waals surface area (Å²) in [6.07, 6.45) is 2.48. The quantitative estimate of drug-likeness (QED) is 0.841. The van der Waals surface area contributed by atoms with Crippen LogP contribution in [-0.4, -0.2) is 15.5 Å². The monoisotopic (exact) mass is 223 g/mol. The maximum absolute atomic E-state index is 11.7. The summed E-state index contributed by atoms with van der Waals surface area (Å²) in [4.78, 5) is 26.3. The Balaban J connectivity index is 3.10. The van der Waals surface area contributed by atoms with Gasteiger partial charge < -0.3 is 5.32 Å². The van der Waals surface area contributed by atoms with Crippen LogP contribution in [0.4, 0.5) is 5.82 Å². The van der Waals surface area contributed by atoms with Crippen LogP contribution in [0, 0.1) is 0 Å². The number of amides is 1. The van der Waals surface area contributed by atoms with Crippen LogP contribution in [0.25, 0.3) is 0 Å². The number of aromatic nitrogens is 2. The van der Waals surface area contributed by atoms with Crippen molar-refractivity contribution in [3.05, 3.63) is 22.7 Å². The molecule has 0 saturated carbocycles. The predicted octanol–water partition coefficient (Wildman–Crippen LogP) is 1.35. The van der Waals surface area contributed by atoms with Crippen molar-refractivity contribution in [1.82, 2.24) is 9.55 Å². The summed E-state index contributed by atoms with van der Waals surface area (Å²) in [6, 6.07) is 1.63. The first-order chi connectivity index (χ1) is 7.36. The van der Waals surface area contributed by atoms with Crippen molar-refractivity contribution < 1.29 is 4.79 Å². The molecule has 0 fully saturated rings. The third-order valence-corrected chi connectivity index (χ3v) is 2.63. The molecule has 1 aromatic rings. The van der Waals surface area contributed by atoms with E-state index in [0.717, 1.165) is 6.42 Å². The largest absolute Gasteiger partial charge is 0.350 e. The molecule has 1 aromatic heterocycles. The lowest BCUT2D eigenvalue weighted by molar-refractivity contribution is -0.114. The summed E-state index contributed by atoms with van der Waals surface area (Å²) < 4.78 is 1.57. The lowest BCUT2D eigenvalue weighted by Crippen LogP contribution is -2.37. The van der Waals surface area contributed by atoms with E-state index < -0.39 is 0 Å². The Kier molecular flexibility index (Phi) is 3.47. The van der Waals surface area contributed by atoms with Crippen molar-refractivity contribution in [2.24, 2.45) is 0 Å². The van der Waals surface area contributed by atoms with Crippen LogP contribution in [0.1, 0.15) is 34.1 Å². The van der Waals surface area contributed by atoms with Gasteiger partial charge in [0.1, 0.15) is 5.82 Å². The summed E-state index contributed by atoms with van der Waals surface area (Å²) in [5, 5.41) is 2.48. The molecule has 0 bridgehead atoms. The Morgan fingerprint density at radius 3 is 2.62 bits per heavy atom. The molecule has 0 unspecified atom stereocenters. The smallest absolute Gasteiger partial charge is 0.311 e. The second kappa shape index (κ2) is 4.47. The molecule has 1 amide bonds. The molecule has 0 spiro atoms. The molecule has 1 rings (SSSR count). The number of carbonyl (C=O) groups excluding carboxylic acids is 1.